The summed E-state index contributed by atoms with van der Waals surface area (Å²) in [6, 6.07) is 7.73. The fourth-order valence-corrected chi connectivity index (χ4v) is 1.44. The Hall–Kier alpha value is -1.51. The molecular formula is C12H15NO2. The number of hydrogen-bond donors (Lipinski definition) is 0. The van der Waals surface area contributed by atoms with Gasteiger partial charge in [-0.25, -0.2) is 0 Å². The molecule has 1 aliphatic heterocycles. The summed E-state index contributed by atoms with van der Waals surface area (Å²) in [4.78, 5) is 13.3. The van der Waals surface area contributed by atoms with E-state index in [0.29, 0.717) is 0 Å². The highest BCUT2D eigenvalue weighted by molar-refractivity contribution is 5.78. The van der Waals surface area contributed by atoms with E-state index in [4.69, 9.17) is 4.74 Å². The Morgan fingerprint density at radius 1 is 1.33 bits per heavy atom. The number of nitrogens with zero attached hydrogens (tertiary/aromatic N) is 1. The predicted octanol–water partition coefficient (Wildman–Crippen LogP) is 1.61. The normalized spacial score (nSPS) is 14.6. The van der Waals surface area contributed by atoms with E-state index >= 15 is 0 Å². The molecule has 0 radical (unpaired) electrons. The number of rotatable bonds is 3. The van der Waals surface area contributed by atoms with E-state index in [9.17, 15) is 4.79 Å². The first-order chi connectivity index (χ1) is 7.25. The molecule has 80 valence electrons. The maximum absolute atomic E-state index is 11.5. The second-order valence-electron chi connectivity index (χ2n) is 3.84. The van der Waals surface area contributed by atoms with Gasteiger partial charge in [0.1, 0.15) is 5.75 Å². The minimum absolute atomic E-state index is 0.0850. The van der Waals surface area contributed by atoms with Crippen LogP contribution in [0.25, 0.3) is 0 Å². The zero-order valence-electron chi connectivity index (χ0n) is 8.90. The highest BCUT2D eigenvalue weighted by atomic mass is 16.5. The van der Waals surface area contributed by atoms with Crippen molar-refractivity contribution in [1.82, 2.24) is 4.90 Å². The summed E-state index contributed by atoms with van der Waals surface area (Å²) in [5.74, 6) is 0.844. The van der Waals surface area contributed by atoms with Crippen molar-refractivity contribution < 1.29 is 9.53 Å². The van der Waals surface area contributed by atoms with Gasteiger partial charge in [0.15, 0.2) is 6.61 Å². The van der Waals surface area contributed by atoms with Gasteiger partial charge in [0, 0.05) is 13.1 Å². The van der Waals surface area contributed by atoms with E-state index < -0.39 is 0 Å². The van der Waals surface area contributed by atoms with Gasteiger partial charge in [0.25, 0.3) is 5.91 Å². The summed E-state index contributed by atoms with van der Waals surface area (Å²) in [5.41, 5.74) is 1.19. The number of aryl methyl sites for hydroxylation is 1. The van der Waals surface area contributed by atoms with Gasteiger partial charge in [-0.15, -0.1) is 0 Å². The SMILES string of the molecule is Cc1ccc(OCC(=O)N2CCC2)cc1. The molecule has 1 aromatic carbocycles. The van der Waals surface area contributed by atoms with E-state index in [1.54, 1.807) is 0 Å². The molecule has 0 atom stereocenters. The highest BCUT2D eigenvalue weighted by Crippen LogP contribution is 2.12. The maximum atomic E-state index is 11.5. The average molecular weight is 205 g/mol. The Bertz CT molecular complexity index is 341. The number of ether oxygens (including phenoxy) is 1. The lowest BCUT2D eigenvalue weighted by Crippen LogP contribution is -2.44. The Morgan fingerprint density at radius 2 is 2.00 bits per heavy atom. The van der Waals surface area contributed by atoms with Crippen molar-refractivity contribution >= 4 is 5.91 Å². The molecule has 0 bridgehead atoms. The van der Waals surface area contributed by atoms with E-state index in [1.807, 2.05) is 36.1 Å². The van der Waals surface area contributed by atoms with Crippen molar-refractivity contribution in [2.45, 2.75) is 13.3 Å². The molecule has 1 amide bonds. The zero-order chi connectivity index (χ0) is 10.7. The Morgan fingerprint density at radius 3 is 2.53 bits per heavy atom. The van der Waals surface area contributed by atoms with Crippen molar-refractivity contribution in [2.24, 2.45) is 0 Å². The fourth-order valence-electron chi connectivity index (χ4n) is 1.44. The van der Waals surface area contributed by atoms with Gasteiger partial charge in [-0.3, -0.25) is 4.79 Å². The molecule has 1 aromatic rings. The number of carbonyl (C=O) groups excluding carboxylic acids is 1. The fraction of sp³-hybridized carbons (Fsp3) is 0.417. The molecule has 3 heteroatoms. The van der Waals surface area contributed by atoms with E-state index in [1.165, 1.54) is 5.56 Å². The van der Waals surface area contributed by atoms with Gasteiger partial charge >= 0.3 is 0 Å². The number of carbonyl (C=O) groups is 1. The Balaban J connectivity index is 1.82. The topological polar surface area (TPSA) is 29.5 Å². The molecule has 2 rings (SSSR count). The van der Waals surface area contributed by atoms with Crippen molar-refractivity contribution in [3.8, 4) is 5.75 Å². The number of benzene rings is 1. The zero-order valence-corrected chi connectivity index (χ0v) is 8.90. The lowest BCUT2D eigenvalue weighted by molar-refractivity contribution is -0.136. The molecule has 1 heterocycles. The summed E-state index contributed by atoms with van der Waals surface area (Å²) in [7, 11) is 0. The van der Waals surface area contributed by atoms with Crippen LogP contribution in [0.1, 0.15) is 12.0 Å². The van der Waals surface area contributed by atoms with Crippen LogP contribution in [0.2, 0.25) is 0 Å². The summed E-state index contributed by atoms with van der Waals surface area (Å²) < 4.78 is 5.39. The summed E-state index contributed by atoms with van der Waals surface area (Å²) >= 11 is 0. The maximum Gasteiger partial charge on any atom is 0.260 e. The van der Waals surface area contributed by atoms with Crippen molar-refractivity contribution in [3.05, 3.63) is 29.8 Å². The van der Waals surface area contributed by atoms with Gasteiger partial charge in [-0.1, -0.05) is 17.7 Å². The van der Waals surface area contributed by atoms with Crippen LogP contribution in [-0.4, -0.2) is 30.5 Å². The van der Waals surface area contributed by atoms with Crippen LogP contribution in [0.5, 0.6) is 5.75 Å². The largest absolute Gasteiger partial charge is 0.484 e. The van der Waals surface area contributed by atoms with Crippen molar-refractivity contribution in [1.29, 1.82) is 0 Å². The van der Waals surface area contributed by atoms with Crippen LogP contribution in [0.15, 0.2) is 24.3 Å². The summed E-state index contributed by atoms with van der Waals surface area (Å²) in [5, 5.41) is 0. The third-order valence-corrected chi connectivity index (χ3v) is 2.59. The molecule has 15 heavy (non-hydrogen) atoms. The monoisotopic (exact) mass is 205 g/mol. The molecule has 0 N–H and O–H groups in total. The van der Waals surface area contributed by atoms with E-state index in [-0.39, 0.29) is 12.5 Å². The van der Waals surface area contributed by atoms with Crippen molar-refractivity contribution in [3.63, 3.8) is 0 Å². The molecule has 0 aliphatic carbocycles. The second-order valence-corrected chi connectivity index (χ2v) is 3.84. The molecular weight excluding hydrogens is 190 g/mol. The van der Waals surface area contributed by atoms with E-state index in [0.717, 1.165) is 25.3 Å². The lowest BCUT2D eigenvalue weighted by atomic mass is 10.2. The van der Waals surface area contributed by atoms with Crippen LogP contribution >= 0.6 is 0 Å². The summed E-state index contributed by atoms with van der Waals surface area (Å²) in [6.07, 6.45) is 1.12. The molecule has 0 saturated carbocycles. The standard InChI is InChI=1S/C12H15NO2/c1-10-3-5-11(6-4-10)15-9-12(14)13-7-2-8-13/h3-6H,2,7-9H2,1H3. The number of amides is 1. The minimum Gasteiger partial charge on any atom is -0.484 e. The highest BCUT2D eigenvalue weighted by Gasteiger charge is 2.20. The predicted molar refractivity (Wildman–Crippen MR) is 57.9 cm³/mol. The molecule has 1 fully saturated rings. The second kappa shape index (κ2) is 4.34. The molecule has 3 nitrogen and oxygen atoms in total. The molecule has 1 saturated heterocycles. The van der Waals surface area contributed by atoms with Crippen LogP contribution in [0.3, 0.4) is 0 Å². The first kappa shape index (κ1) is 10.0. The van der Waals surface area contributed by atoms with Gasteiger partial charge < -0.3 is 9.64 Å². The van der Waals surface area contributed by atoms with Crippen LogP contribution in [0, 0.1) is 6.92 Å². The van der Waals surface area contributed by atoms with Gasteiger partial charge in [-0.2, -0.15) is 0 Å². The molecule has 1 aliphatic rings. The first-order valence-electron chi connectivity index (χ1n) is 5.23. The van der Waals surface area contributed by atoms with E-state index in [2.05, 4.69) is 0 Å². The van der Waals surface area contributed by atoms with Crippen molar-refractivity contribution in [2.75, 3.05) is 19.7 Å². The van der Waals surface area contributed by atoms with Crippen LogP contribution < -0.4 is 4.74 Å². The number of likely N-dealkylation sites (tertiary alicyclic amines) is 1. The molecule has 0 aromatic heterocycles. The Labute approximate surface area is 89.7 Å². The Kier molecular flexibility index (Phi) is 2.90. The first-order valence-corrected chi connectivity index (χ1v) is 5.23. The quantitative estimate of drug-likeness (QED) is 0.750. The number of hydrogen-bond acceptors (Lipinski definition) is 2. The average Bonchev–Trinajstić information content (AvgIpc) is 2.14. The summed E-state index contributed by atoms with van der Waals surface area (Å²) in [6.45, 7) is 3.95. The third kappa shape index (κ3) is 2.49. The van der Waals surface area contributed by atoms with Gasteiger partial charge in [-0.05, 0) is 25.5 Å². The molecule has 0 unspecified atom stereocenters. The van der Waals surface area contributed by atoms with Crippen LogP contribution in [0.4, 0.5) is 0 Å². The third-order valence-electron chi connectivity index (χ3n) is 2.59. The van der Waals surface area contributed by atoms with Gasteiger partial charge in [0.2, 0.25) is 0 Å². The minimum atomic E-state index is 0.0850. The van der Waals surface area contributed by atoms with Crippen LogP contribution in [-0.2, 0) is 4.79 Å². The van der Waals surface area contributed by atoms with Gasteiger partial charge in [0.05, 0.1) is 0 Å². The smallest absolute Gasteiger partial charge is 0.260 e. The lowest BCUT2D eigenvalue weighted by Gasteiger charge is -2.30. The molecule has 0 spiro atoms.